The van der Waals surface area contributed by atoms with Crippen molar-refractivity contribution < 1.29 is 9.84 Å². The molecule has 0 aliphatic heterocycles. The molecule has 0 atom stereocenters. The van der Waals surface area contributed by atoms with Gasteiger partial charge in [0, 0.05) is 5.38 Å². The molecule has 48 valence electrons. The second-order valence-electron chi connectivity index (χ2n) is 1.36. The van der Waals surface area contributed by atoms with Crippen molar-refractivity contribution in [2.75, 3.05) is 0 Å². The molecule has 1 aromatic rings. The summed E-state index contributed by atoms with van der Waals surface area (Å²) in [6.07, 6.45) is 2.08. The maximum absolute atomic E-state index is 8.16. The van der Waals surface area contributed by atoms with Crippen molar-refractivity contribution in [2.24, 2.45) is 0 Å². The average molecular weight is 142 g/mol. The van der Waals surface area contributed by atoms with E-state index in [2.05, 4.69) is 0 Å². The fourth-order valence-corrected chi connectivity index (χ4v) is 0.988. The van der Waals surface area contributed by atoms with Crippen molar-refractivity contribution in [3.63, 3.8) is 0 Å². The van der Waals surface area contributed by atoms with Crippen LogP contribution in [0.4, 0.5) is 0 Å². The summed E-state index contributed by atoms with van der Waals surface area (Å²) >= 11 is 1.55. The summed E-state index contributed by atoms with van der Waals surface area (Å²) in [7, 11) is 0. The van der Waals surface area contributed by atoms with Crippen LogP contribution in [0.25, 0.3) is 0 Å². The second kappa shape index (κ2) is 3.14. The largest absolute Gasteiger partial charge is 0.512 e. The van der Waals surface area contributed by atoms with Crippen molar-refractivity contribution in [3.8, 4) is 5.75 Å². The molecule has 1 aromatic heterocycles. The van der Waals surface area contributed by atoms with Gasteiger partial charge in [-0.2, -0.15) is 0 Å². The summed E-state index contributed by atoms with van der Waals surface area (Å²) < 4.78 is 4.88. The molecule has 3 heteroatoms. The van der Waals surface area contributed by atoms with E-state index in [4.69, 9.17) is 9.84 Å². The van der Waals surface area contributed by atoms with Crippen LogP contribution in [0, 0.1) is 0 Å². The molecular formula is C6H6O2S. The summed E-state index contributed by atoms with van der Waals surface area (Å²) in [4.78, 5) is 0. The fourth-order valence-electron chi connectivity index (χ4n) is 0.428. The first-order valence-corrected chi connectivity index (χ1v) is 3.36. The Morgan fingerprint density at radius 2 is 2.56 bits per heavy atom. The number of aliphatic hydroxyl groups excluding tert-OH is 1. The van der Waals surface area contributed by atoms with Gasteiger partial charge in [-0.3, -0.25) is 0 Å². The maximum atomic E-state index is 8.16. The van der Waals surface area contributed by atoms with Gasteiger partial charge in [0.25, 0.3) is 0 Å². The molecule has 2 nitrogen and oxygen atoms in total. The van der Waals surface area contributed by atoms with E-state index in [-0.39, 0.29) is 0 Å². The molecule has 1 N–H and O–H groups in total. The van der Waals surface area contributed by atoms with Crippen molar-refractivity contribution >= 4 is 11.3 Å². The van der Waals surface area contributed by atoms with E-state index < -0.39 is 0 Å². The van der Waals surface area contributed by atoms with Crippen LogP contribution in [0.1, 0.15) is 0 Å². The third-order valence-corrected chi connectivity index (χ3v) is 1.42. The number of aliphatic hydroxyl groups is 1. The Kier molecular flexibility index (Phi) is 2.15. The molecule has 1 heterocycles. The van der Waals surface area contributed by atoms with Gasteiger partial charge in [0.05, 0.1) is 0 Å². The van der Waals surface area contributed by atoms with Crippen LogP contribution in [0.15, 0.2) is 29.4 Å². The lowest BCUT2D eigenvalue weighted by Crippen LogP contribution is -1.75. The van der Waals surface area contributed by atoms with Crippen LogP contribution in [0.5, 0.6) is 5.75 Å². The first kappa shape index (κ1) is 6.16. The molecule has 9 heavy (non-hydrogen) atoms. The van der Waals surface area contributed by atoms with Gasteiger partial charge >= 0.3 is 0 Å². The lowest BCUT2D eigenvalue weighted by molar-refractivity contribution is 0.415. The molecule has 0 fully saturated rings. The highest BCUT2D eigenvalue weighted by Crippen LogP contribution is 2.14. The Morgan fingerprint density at radius 3 is 3.11 bits per heavy atom. The highest BCUT2D eigenvalue weighted by Gasteiger charge is 1.86. The molecule has 0 amide bonds. The molecule has 0 aromatic carbocycles. The van der Waals surface area contributed by atoms with Crippen molar-refractivity contribution in [2.45, 2.75) is 0 Å². The van der Waals surface area contributed by atoms with E-state index in [0.29, 0.717) is 0 Å². The molecule has 0 unspecified atom stereocenters. The third-order valence-electron chi connectivity index (χ3n) is 0.760. The van der Waals surface area contributed by atoms with Crippen molar-refractivity contribution in [1.82, 2.24) is 0 Å². The SMILES string of the molecule is O/C=C/Oc1ccsc1. The van der Waals surface area contributed by atoms with Crippen LogP contribution in [-0.2, 0) is 0 Å². The van der Waals surface area contributed by atoms with Crippen LogP contribution < -0.4 is 4.74 Å². The summed E-state index contributed by atoms with van der Waals surface area (Å²) in [6.45, 7) is 0. The fraction of sp³-hybridized carbons (Fsp3) is 0. The zero-order valence-corrected chi connectivity index (χ0v) is 5.47. The molecule has 0 spiro atoms. The minimum atomic E-state index is 0.755. The third kappa shape index (κ3) is 1.77. The molecule has 0 saturated carbocycles. The number of ether oxygens (including phenoxy) is 1. The standard InChI is InChI=1S/C6H6O2S/c7-2-3-8-6-1-4-9-5-6/h1-5,7H/b3-2+. The van der Waals surface area contributed by atoms with E-state index in [1.54, 1.807) is 11.3 Å². The summed E-state index contributed by atoms with van der Waals surface area (Å²) in [6, 6.07) is 1.82. The van der Waals surface area contributed by atoms with Gasteiger partial charge in [-0.25, -0.2) is 0 Å². The Labute approximate surface area is 57.0 Å². The smallest absolute Gasteiger partial charge is 0.137 e. The highest BCUT2D eigenvalue weighted by molar-refractivity contribution is 7.08. The van der Waals surface area contributed by atoms with E-state index in [1.165, 1.54) is 6.26 Å². The number of thiophene rings is 1. The predicted octanol–water partition coefficient (Wildman–Crippen LogP) is 2.16. The molecule has 0 saturated heterocycles. The topological polar surface area (TPSA) is 29.5 Å². The number of rotatable bonds is 2. The monoisotopic (exact) mass is 142 g/mol. The van der Waals surface area contributed by atoms with Gasteiger partial charge in [0.15, 0.2) is 0 Å². The van der Waals surface area contributed by atoms with E-state index >= 15 is 0 Å². The zero-order chi connectivity index (χ0) is 6.53. The summed E-state index contributed by atoms with van der Waals surface area (Å²) in [5.41, 5.74) is 0. The normalized spacial score (nSPS) is 10.2. The minimum absolute atomic E-state index is 0.755. The van der Waals surface area contributed by atoms with Crippen LogP contribution in [-0.4, -0.2) is 5.11 Å². The molecule has 0 radical (unpaired) electrons. The van der Waals surface area contributed by atoms with Crippen LogP contribution in [0.3, 0.4) is 0 Å². The zero-order valence-electron chi connectivity index (χ0n) is 4.65. The summed E-state index contributed by atoms with van der Waals surface area (Å²) in [5.74, 6) is 0.755. The number of hydrogen-bond acceptors (Lipinski definition) is 3. The van der Waals surface area contributed by atoms with Crippen molar-refractivity contribution in [3.05, 3.63) is 29.4 Å². The predicted molar refractivity (Wildman–Crippen MR) is 36.7 cm³/mol. The Hall–Kier alpha value is -0.960. The minimum Gasteiger partial charge on any atom is -0.512 e. The van der Waals surface area contributed by atoms with E-state index in [1.807, 2.05) is 16.8 Å². The summed E-state index contributed by atoms with van der Waals surface area (Å²) in [5, 5.41) is 11.9. The molecule has 0 aliphatic rings. The molecular weight excluding hydrogens is 136 g/mol. The van der Waals surface area contributed by atoms with Crippen LogP contribution >= 0.6 is 11.3 Å². The first-order chi connectivity index (χ1) is 4.43. The molecule has 0 aliphatic carbocycles. The first-order valence-electron chi connectivity index (χ1n) is 2.41. The van der Waals surface area contributed by atoms with Gasteiger partial charge < -0.3 is 9.84 Å². The Bertz CT molecular complexity index is 179. The van der Waals surface area contributed by atoms with E-state index in [0.717, 1.165) is 12.0 Å². The maximum Gasteiger partial charge on any atom is 0.137 e. The van der Waals surface area contributed by atoms with Gasteiger partial charge in [0.2, 0.25) is 0 Å². The van der Waals surface area contributed by atoms with Gasteiger partial charge in [0.1, 0.15) is 18.3 Å². The average Bonchev–Trinajstić information content (AvgIpc) is 2.34. The van der Waals surface area contributed by atoms with Gasteiger partial charge in [-0.15, -0.1) is 11.3 Å². The lowest BCUT2D eigenvalue weighted by atomic mass is 10.6. The van der Waals surface area contributed by atoms with Gasteiger partial charge in [-0.05, 0) is 11.4 Å². The van der Waals surface area contributed by atoms with Gasteiger partial charge in [-0.1, -0.05) is 0 Å². The second-order valence-corrected chi connectivity index (χ2v) is 2.14. The Balaban J connectivity index is 2.48. The quantitative estimate of drug-likeness (QED) is 0.641. The molecule has 0 bridgehead atoms. The lowest BCUT2D eigenvalue weighted by Gasteiger charge is -1.89. The Morgan fingerprint density at radius 1 is 1.67 bits per heavy atom. The molecule has 1 rings (SSSR count). The van der Waals surface area contributed by atoms with E-state index in [9.17, 15) is 0 Å². The number of hydrogen-bond donors (Lipinski definition) is 1. The van der Waals surface area contributed by atoms with Crippen LogP contribution in [0.2, 0.25) is 0 Å². The van der Waals surface area contributed by atoms with Crippen molar-refractivity contribution in [1.29, 1.82) is 0 Å². The highest BCUT2D eigenvalue weighted by atomic mass is 32.1.